The predicted octanol–water partition coefficient (Wildman–Crippen LogP) is 2.59. The van der Waals surface area contributed by atoms with Gasteiger partial charge in [-0.25, -0.2) is 22.5 Å². The molecule has 0 spiro atoms. The number of benzene rings is 1. The number of aromatic nitrogens is 3. The molecular formula is C17H17FN4O3S2. The van der Waals surface area contributed by atoms with Gasteiger partial charge in [0.05, 0.1) is 31.1 Å². The molecule has 0 saturated carbocycles. The lowest BCUT2D eigenvalue weighted by atomic mass is 10.2. The Balaban J connectivity index is 1.44. The van der Waals surface area contributed by atoms with Crippen LogP contribution < -0.4 is 4.72 Å². The first-order chi connectivity index (χ1) is 13.0. The third-order valence-electron chi connectivity index (χ3n) is 4.28. The number of rotatable bonds is 6. The second-order valence-corrected chi connectivity index (χ2v) is 8.81. The molecule has 2 aromatic heterocycles. The van der Waals surface area contributed by atoms with Crippen LogP contribution in [0.15, 0.2) is 46.9 Å². The van der Waals surface area contributed by atoms with Crippen molar-refractivity contribution in [2.45, 2.75) is 23.9 Å². The molecule has 0 bridgehead atoms. The summed E-state index contributed by atoms with van der Waals surface area (Å²) < 4.78 is 48.3. The largest absolute Gasteiger partial charge is 0.379 e. The van der Waals surface area contributed by atoms with Gasteiger partial charge in [-0.15, -0.1) is 11.3 Å². The van der Waals surface area contributed by atoms with E-state index in [9.17, 15) is 12.8 Å². The Morgan fingerprint density at radius 1 is 1.37 bits per heavy atom. The number of sulfonamides is 1. The molecule has 0 unspecified atom stereocenters. The highest BCUT2D eigenvalue weighted by molar-refractivity contribution is 7.89. The van der Waals surface area contributed by atoms with Gasteiger partial charge in [0.1, 0.15) is 15.7 Å². The second kappa shape index (κ2) is 7.47. The Morgan fingerprint density at radius 2 is 2.22 bits per heavy atom. The number of ether oxygens (including phenoxy) is 1. The van der Waals surface area contributed by atoms with Gasteiger partial charge < -0.3 is 4.74 Å². The molecule has 142 valence electrons. The third kappa shape index (κ3) is 3.93. The first-order valence-corrected chi connectivity index (χ1v) is 10.7. The fraction of sp³-hybridized carbons (Fsp3) is 0.294. The van der Waals surface area contributed by atoms with Crippen molar-refractivity contribution in [2.75, 3.05) is 13.2 Å². The van der Waals surface area contributed by atoms with E-state index >= 15 is 0 Å². The summed E-state index contributed by atoms with van der Waals surface area (Å²) in [6.45, 7) is 1.21. The van der Waals surface area contributed by atoms with E-state index in [-0.39, 0.29) is 23.3 Å². The van der Waals surface area contributed by atoms with Crippen LogP contribution in [-0.2, 0) is 21.3 Å². The van der Waals surface area contributed by atoms with E-state index in [1.54, 1.807) is 28.3 Å². The average molecular weight is 408 g/mol. The quantitative estimate of drug-likeness (QED) is 0.678. The monoisotopic (exact) mass is 408 g/mol. The molecule has 10 heteroatoms. The summed E-state index contributed by atoms with van der Waals surface area (Å²) in [5.41, 5.74) is 0.879. The molecule has 4 rings (SSSR count). The molecule has 1 saturated heterocycles. The van der Waals surface area contributed by atoms with Crippen LogP contribution in [0.3, 0.4) is 0 Å². The highest BCUT2D eigenvalue weighted by Gasteiger charge is 2.22. The molecule has 1 fully saturated rings. The molecule has 27 heavy (non-hydrogen) atoms. The summed E-state index contributed by atoms with van der Waals surface area (Å²) in [5.74, 6) is -0.363. The van der Waals surface area contributed by atoms with E-state index in [1.165, 1.54) is 29.8 Å². The molecule has 0 aliphatic carbocycles. The summed E-state index contributed by atoms with van der Waals surface area (Å²) in [4.78, 5) is 4.42. The van der Waals surface area contributed by atoms with Crippen LogP contribution in [0.1, 0.15) is 17.5 Å². The van der Waals surface area contributed by atoms with Crippen LogP contribution in [0.2, 0.25) is 0 Å². The normalized spacial score (nSPS) is 17.4. The Kier molecular flexibility index (Phi) is 5.04. The van der Waals surface area contributed by atoms with Crippen molar-refractivity contribution in [1.82, 2.24) is 19.5 Å². The topological polar surface area (TPSA) is 86.1 Å². The van der Waals surface area contributed by atoms with Crippen LogP contribution in [0.5, 0.6) is 0 Å². The number of nitrogens with zero attached hydrogens (tertiary/aromatic N) is 3. The van der Waals surface area contributed by atoms with Gasteiger partial charge in [-0.2, -0.15) is 5.10 Å². The van der Waals surface area contributed by atoms with E-state index in [0.29, 0.717) is 29.5 Å². The molecule has 1 aromatic carbocycles. The number of halogens is 1. The van der Waals surface area contributed by atoms with E-state index in [4.69, 9.17) is 4.74 Å². The number of thiazole rings is 1. The first-order valence-electron chi connectivity index (χ1n) is 8.34. The zero-order valence-electron chi connectivity index (χ0n) is 14.2. The van der Waals surface area contributed by atoms with E-state index in [2.05, 4.69) is 14.8 Å². The summed E-state index contributed by atoms with van der Waals surface area (Å²) in [7, 11) is -3.71. The van der Waals surface area contributed by atoms with Gasteiger partial charge in [0, 0.05) is 23.7 Å². The smallest absolute Gasteiger partial charge is 0.244 e. The Hall–Kier alpha value is -2.14. The lowest BCUT2D eigenvalue weighted by Gasteiger charge is -2.07. The van der Waals surface area contributed by atoms with E-state index < -0.39 is 10.0 Å². The third-order valence-corrected chi connectivity index (χ3v) is 6.49. The van der Waals surface area contributed by atoms with Crippen LogP contribution in [0, 0.1) is 5.82 Å². The van der Waals surface area contributed by atoms with Crippen molar-refractivity contribution in [2.24, 2.45) is 0 Å². The maximum Gasteiger partial charge on any atom is 0.244 e. The molecule has 1 N–H and O–H groups in total. The van der Waals surface area contributed by atoms with Crippen LogP contribution in [0.4, 0.5) is 4.39 Å². The Morgan fingerprint density at radius 3 is 3.00 bits per heavy atom. The molecule has 1 aliphatic rings. The van der Waals surface area contributed by atoms with E-state index in [1.807, 2.05) is 0 Å². The highest BCUT2D eigenvalue weighted by Crippen LogP contribution is 2.25. The standard InChI is InChI=1S/C17H17FN4O3S2/c18-15-4-2-1-3-14(15)16-11-26-17(21-16)8-20-27(23,24)13-7-19-22(9-13)12-5-6-25-10-12/h1-4,7,9,11-12,20H,5-6,8,10H2/t12-/m0/s1. The zero-order chi connectivity index (χ0) is 18.9. The minimum Gasteiger partial charge on any atom is -0.379 e. The highest BCUT2D eigenvalue weighted by atomic mass is 32.2. The van der Waals surface area contributed by atoms with Gasteiger partial charge in [0.25, 0.3) is 0 Å². The predicted molar refractivity (Wildman–Crippen MR) is 98.2 cm³/mol. The minimum atomic E-state index is -3.71. The van der Waals surface area contributed by atoms with Gasteiger partial charge in [-0.05, 0) is 18.6 Å². The fourth-order valence-electron chi connectivity index (χ4n) is 2.81. The van der Waals surface area contributed by atoms with Crippen molar-refractivity contribution < 1.29 is 17.5 Å². The van der Waals surface area contributed by atoms with Gasteiger partial charge in [0.2, 0.25) is 10.0 Å². The SMILES string of the molecule is O=S(=O)(NCc1nc(-c2ccccc2F)cs1)c1cnn([C@H]2CCOC2)c1. The molecule has 3 heterocycles. The molecule has 0 amide bonds. The number of hydrogen-bond acceptors (Lipinski definition) is 6. The maximum atomic E-state index is 13.8. The van der Waals surface area contributed by atoms with E-state index in [0.717, 1.165) is 6.42 Å². The average Bonchev–Trinajstić information content (AvgIpc) is 3.41. The molecule has 0 radical (unpaired) electrons. The summed E-state index contributed by atoms with van der Waals surface area (Å²) in [6.07, 6.45) is 3.65. The van der Waals surface area contributed by atoms with Gasteiger partial charge >= 0.3 is 0 Å². The molecule has 7 nitrogen and oxygen atoms in total. The van der Waals surface area contributed by atoms with Crippen molar-refractivity contribution in [1.29, 1.82) is 0 Å². The molecular weight excluding hydrogens is 391 g/mol. The van der Waals surface area contributed by atoms with Gasteiger partial charge in [-0.3, -0.25) is 4.68 Å². The minimum absolute atomic E-state index is 0.0270. The first kappa shape index (κ1) is 18.2. The lowest BCUT2D eigenvalue weighted by molar-refractivity contribution is 0.184. The van der Waals surface area contributed by atoms with Crippen LogP contribution in [0.25, 0.3) is 11.3 Å². The summed E-state index contributed by atoms with van der Waals surface area (Å²) >= 11 is 1.27. The second-order valence-electron chi connectivity index (χ2n) is 6.10. The van der Waals surface area contributed by atoms with Gasteiger partial charge in [-0.1, -0.05) is 12.1 Å². The number of hydrogen-bond donors (Lipinski definition) is 1. The lowest BCUT2D eigenvalue weighted by Crippen LogP contribution is -2.23. The summed E-state index contributed by atoms with van der Waals surface area (Å²) in [6, 6.07) is 6.41. The Bertz CT molecular complexity index is 1040. The molecule has 1 aliphatic heterocycles. The molecule has 1 atom stereocenters. The maximum absolute atomic E-state index is 13.8. The number of nitrogens with one attached hydrogen (secondary N) is 1. The zero-order valence-corrected chi connectivity index (χ0v) is 15.8. The van der Waals surface area contributed by atoms with Crippen molar-refractivity contribution in [3.05, 3.63) is 52.9 Å². The summed E-state index contributed by atoms with van der Waals surface area (Å²) in [5, 5.41) is 6.39. The van der Waals surface area contributed by atoms with Crippen LogP contribution in [-0.4, -0.2) is 36.4 Å². The fourth-order valence-corrected chi connectivity index (χ4v) is 4.57. The van der Waals surface area contributed by atoms with Crippen molar-refractivity contribution in [3.8, 4) is 11.3 Å². The van der Waals surface area contributed by atoms with Crippen LogP contribution >= 0.6 is 11.3 Å². The molecule has 3 aromatic rings. The van der Waals surface area contributed by atoms with Gasteiger partial charge in [0.15, 0.2) is 0 Å². The van der Waals surface area contributed by atoms with Crippen molar-refractivity contribution in [3.63, 3.8) is 0 Å². The van der Waals surface area contributed by atoms with Crippen molar-refractivity contribution >= 4 is 21.4 Å². The Labute approximate surface area is 159 Å².